The highest BCUT2D eigenvalue weighted by molar-refractivity contribution is 6.04. The van der Waals surface area contributed by atoms with Crippen molar-refractivity contribution >= 4 is 11.6 Å². The molecule has 0 fully saturated rings. The number of aromatic nitrogens is 1. The number of anilines is 1. The van der Waals surface area contributed by atoms with Crippen LogP contribution in [-0.4, -0.2) is 10.6 Å². The van der Waals surface area contributed by atoms with Gasteiger partial charge in [-0.05, 0) is 35.7 Å². The maximum Gasteiger partial charge on any atom is 0.295 e. The Morgan fingerprint density at radius 3 is 2.50 bits per heavy atom. The Morgan fingerprint density at radius 2 is 1.73 bits per heavy atom. The molecule has 0 bridgehead atoms. The number of nitrogens with zero attached hydrogens (tertiary/aromatic N) is 1. The number of hydrogen-bond acceptors (Lipinski definition) is 3. The highest BCUT2D eigenvalue weighted by Gasteiger charge is 2.14. The van der Waals surface area contributed by atoms with Gasteiger partial charge in [0.15, 0.2) is 0 Å². The van der Waals surface area contributed by atoms with Crippen LogP contribution in [0.5, 0.6) is 0 Å². The third-order valence-electron chi connectivity index (χ3n) is 4.02. The van der Waals surface area contributed by atoms with Crippen molar-refractivity contribution in [1.29, 1.82) is 0 Å². The first-order chi connectivity index (χ1) is 12.7. The lowest BCUT2D eigenvalue weighted by Crippen LogP contribution is -2.32. The first kappa shape index (κ1) is 17.5. The van der Waals surface area contributed by atoms with Crippen molar-refractivity contribution in [2.45, 2.75) is 20.0 Å². The highest BCUT2D eigenvalue weighted by Crippen LogP contribution is 2.16. The number of nitrogens with one attached hydrogen (secondary N) is 1. The number of rotatable bonds is 6. The Kier molecular flexibility index (Phi) is 5.49. The van der Waals surface area contributed by atoms with Crippen molar-refractivity contribution in [2.75, 3.05) is 5.32 Å². The van der Waals surface area contributed by atoms with Gasteiger partial charge < -0.3 is 10.2 Å². The van der Waals surface area contributed by atoms with Gasteiger partial charge in [-0.15, -0.1) is 0 Å². The Hall–Kier alpha value is -3.34. The highest BCUT2D eigenvalue weighted by atomic mass is 16.7. The fourth-order valence-corrected chi connectivity index (χ4v) is 2.61. The molecule has 0 atom stereocenters. The van der Waals surface area contributed by atoms with Crippen LogP contribution in [0.25, 0.3) is 0 Å². The summed E-state index contributed by atoms with van der Waals surface area (Å²) < 4.78 is 1.09. The zero-order valence-corrected chi connectivity index (χ0v) is 14.5. The summed E-state index contributed by atoms with van der Waals surface area (Å²) in [4.78, 5) is 30.6. The molecule has 2 aromatic carbocycles. The summed E-state index contributed by atoms with van der Waals surface area (Å²) in [5, 5.41) is 2.81. The van der Waals surface area contributed by atoms with Gasteiger partial charge in [-0.3, -0.25) is 9.59 Å². The second kappa shape index (κ2) is 8.16. The smallest absolute Gasteiger partial charge is 0.295 e. The maximum atomic E-state index is 12.6. The minimum Gasteiger partial charge on any atom is -0.406 e. The van der Waals surface area contributed by atoms with E-state index in [0.29, 0.717) is 5.69 Å². The lowest BCUT2D eigenvalue weighted by molar-refractivity contribution is 0.0863. The van der Waals surface area contributed by atoms with Crippen molar-refractivity contribution in [3.05, 3.63) is 100.0 Å². The molecule has 1 amide bonds. The average molecular weight is 348 g/mol. The van der Waals surface area contributed by atoms with Crippen molar-refractivity contribution in [2.24, 2.45) is 0 Å². The van der Waals surface area contributed by atoms with Crippen molar-refractivity contribution in [3.8, 4) is 0 Å². The molecule has 132 valence electrons. The van der Waals surface area contributed by atoms with E-state index in [1.165, 1.54) is 12.3 Å². The fourth-order valence-electron chi connectivity index (χ4n) is 2.61. The van der Waals surface area contributed by atoms with Gasteiger partial charge in [0.1, 0.15) is 12.2 Å². The van der Waals surface area contributed by atoms with E-state index in [9.17, 15) is 9.59 Å². The minimum absolute atomic E-state index is 0.0338. The second-order valence-electron chi connectivity index (χ2n) is 5.78. The standard InChI is InChI=1S/C21H20N2O3/c1-2-17-11-6-7-13-19(17)22-20(24)18-12-8-14-23(21(18)25)26-15-16-9-4-3-5-10-16/h3-14H,2,15H2,1H3,(H,22,24). The van der Waals surface area contributed by atoms with Crippen LogP contribution in [0.3, 0.4) is 0 Å². The number of hydrogen-bond donors (Lipinski definition) is 1. The quantitative estimate of drug-likeness (QED) is 0.744. The first-order valence-electron chi connectivity index (χ1n) is 8.47. The molecule has 0 aliphatic heterocycles. The number of amides is 1. The van der Waals surface area contributed by atoms with Gasteiger partial charge in [-0.2, -0.15) is 4.73 Å². The van der Waals surface area contributed by atoms with E-state index in [1.54, 1.807) is 6.07 Å². The van der Waals surface area contributed by atoms with Gasteiger partial charge in [-0.1, -0.05) is 55.5 Å². The molecule has 0 radical (unpaired) electrons. The van der Waals surface area contributed by atoms with Gasteiger partial charge in [0.2, 0.25) is 0 Å². The summed E-state index contributed by atoms with van der Waals surface area (Å²) in [6.07, 6.45) is 2.29. The molecule has 1 heterocycles. The number of benzene rings is 2. The summed E-state index contributed by atoms with van der Waals surface area (Å²) in [6.45, 7) is 2.25. The van der Waals surface area contributed by atoms with Crippen molar-refractivity contribution in [3.63, 3.8) is 0 Å². The monoisotopic (exact) mass is 348 g/mol. The van der Waals surface area contributed by atoms with Crippen LogP contribution in [0.2, 0.25) is 0 Å². The predicted octanol–water partition coefficient (Wildman–Crippen LogP) is 3.29. The first-order valence-corrected chi connectivity index (χ1v) is 8.47. The number of carbonyl (C=O) groups is 1. The van der Waals surface area contributed by atoms with Gasteiger partial charge in [0, 0.05) is 11.9 Å². The maximum absolute atomic E-state index is 12.6. The topological polar surface area (TPSA) is 60.3 Å². The third-order valence-corrected chi connectivity index (χ3v) is 4.02. The Balaban J connectivity index is 1.78. The minimum atomic E-state index is -0.491. The van der Waals surface area contributed by atoms with Crippen LogP contribution in [0, 0.1) is 0 Å². The molecule has 26 heavy (non-hydrogen) atoms. The Morgan fingerprint density at radius 1 is 1.00 bits per heavy atom. The molecule has 5 heteroatoms. The van der Waals surface area contributed by atoms with Crippen LogP contribution in [0.4, 0.5) is 5.69 Å². The Bertz CT molecular complexity index is 949. The van der Waals surface area contributed by atoms with Gasteiger partial charge in [0.05, 0.1) is 0 Å². The number of para-hydroxylation sites is 1. The molecular formula is C21H20N2O3. The Labute approximate surface area is 151 Å². The molecule has 0 saturated carbocycles. The molecule has 0 saturated heterocycles. The molecule has 1 N–H and O–H groups in total. The average Bonchev–Trinajstić information content (AvgIpc) is 2.68. The van der Waals surface area contributed by atoms with E-state index in [4.69, 9.17) is 4.84 Å². The van der Waals surface area contributed by atoms with Gasteiger partial charge >= 0.3 is 0 Å². The van der Waals surface area contributed by atoms with E-state index in [-0.39, 0.29) is 12.2 Å². The number of aryl methyl sites for hydroxylation is 1. The fraction of sp³-hybridized carbons (Fsp3) is 0.143. The molecule has 1 aromatic heterocycles. The normalized spacial score (nSPS) is 10.3. The molecular weight excluding hydrogens is 328 g/mol. The summed E-state index contributed by atoms with van der Waals surface area (Å²) in [7, 11) is 0. The van der Waals surface area contributed by atoms with Crippen molar-refractivity contribution in [1.82, 2.24) is 4.73 Å². The van der Waals surface area contributed by atoms with Gasteiger partial charge in [0.25, 0.3) is 11.5 Å². The largest absolute Gasteiger partial charge is 0.406 e. The molecule has 3 aromatic rings. The summed E-state index contributed by atoms with van der Waals surface area (Å²) in [5.74, 6) is -0.450. The van der Waals surface area contributed by atoms with Crippen molar-refractivity contribution < 1.29 is 9.63 Å². The van der Waals surface area contributed by atoms with Crippen LogP contribution >= 0.6 is 0 Å². The van der Waals surface area contributed by atoms with E-state index < -0.39 is 11.5 Å². The van der Waals surface area contributed by atoms with Crippen LogP contribution in [0.15, 0.2) is 77.7 Å². The van der Waals surface area contributed by atoms with Crippen LogP contribution in [-0.2, 0) is 13.0 Å². The molecule has 0 spiro atoms. The molecule has 0 unspecified atom stereocenters. The summed E-state index contributed by atoms with van der Waals surface area (Å²) in [5.41, 5.74) is 2.20. The summed E-state index contributed by atoms with van der Waals surface area (Å²) in [6, 6.07) is 20.2. The zero-order chi connectivity index (χ0) is 18.4. The van der Waals surface area contributed by atoms with E-state index in [2.05, 4.69) is 5.32 Å². The zero-order valence-electron chi connectivity index (χ0n) is 14.5. The molecule has 5 nitrogen and oxygen atoms in total. The van der Waals surface area contributed by atoms with Crippen LogP contribution in [0.1, 0.15) is 28.4 Å². The third kappa shape index (κ3) is 4.00. The predicted molar refractivity (Wildman–Crippen MR) is 101 cm³/mol. The number of carbonyl (C=O) groups excluding carboxylic acids is 1. The van der Waals surface area contributed by atoms with E-state index in [0.717, 1.165) is 22.3 Å². The van der Waals surface area contributed by atoms with Gasteiger partial charge in [-0.25, -0.2) is 0 Å². The molecule has 3 rings (SSSR count). The lowest BCUT2D eigenvalue weighted by atomic mass is 10.1. The van der Waals surface area contributed by atoms with E-state index in [1.807, 2.05) is 61.5 Å². The molecule has 0 aliphatic rings. The SMILES string of the molecule is CCc1ccccc1NC(=O)c1cccn(OCc2ccccc2)c1=O. The number of pyridine rings is 1. The summed E-state index contributed by atoms with van der Waals surface area (Å²) >= 11 is 0. The lowest BCUT2D eigenvalue weighted by Gasteiger charge is -2.11. The van der Waals surface area contributed by atoms with E-state index >= 15 is 0 Å². The second-order valence-corrected chi connectivity index (χ2v) is 5.78. The van der Waals surface area contributed by atoms with Crippen LogP contribution < -0.4 is 15.7 Å². The molecule has 0 aliphatic carbocycles.